The Morgan fingerprint density at radius 2 is 1.70 bits per heavy atom. The van der Waals surface area contributed by atoms with E-state index in [1.807, 2.05) is 44.2 Å². The van der Waals surface area contributed by atoms with Crippen molar-refractivity contribution in [1.29, 1.82) is 0 Å². The van der Waals surface area contributed by atoms with E-state index in [-0.39, 0.29) is 31.6 Å². The van der Waals surface area contributed by atoms with Crippen molar-refractivity contribution in [1.82, 2.24) is 10.6 Å². The molecule has 1 aromatic rings. The molecule has 1 rings (SSSR count). The molecule has 0 unspecified atom stereocenters. The van der Waals surface area contributed by atoms with Gasteiger partial charge in [0.1, 0.15) is 12.6 Å². The molecule has 2 amide bonds. The summed E-state index contributed by atoms with van der Waals surface area (Å²) in [6.45, 7) is 5.51. The molecule has 27 heavy (non-hydrogen) atoms. The number of ether oxygens (including phenoxy) is 3. The maximum Gasteiger partial charge on any atom is 0.408 e. The van der Waals surface area contributed by atoms with Crippen LogP contribution in [-0.2, 0) is 25.6 Å². The molecule has 0 saturated carbocycles. The fourth-order valence-electron chi connectivity index (χ4n) is 2.17. The fraction of sp³-hybridized carbons (Fsp3) is 0.579. The minimum Gasteiger partial charge on any atom is -0.445 e. The van der Waals surface area contributed by atoms with Gasteiger partial charge in [-0.3, -0.25) is 4.79 Å². The van der Waals surface area contributed by atoms with Crippen LogP contribution in [0.3, 0.4) is 0 Å². The van der Waals surface area contributed by atoms with E-state index in [1.165, 1.54) is 0 Å². The van der Waals surface area contributed by atoms with E-state index in [9.17, 15) is 9.59 Å². The van der Waals surface area contributed by atoms with Crippen LogP contribution in [-0.4, -0.2) is 62.7 Å². The molecule has 3 N–H and O–H groups in total. The third-order valence-electron chi connectivity index (χ3n) is 3.59. The smallest absolute Gasteiger partial charge is 0.408 e. The maximum atomic E-state index is 12.3. The lowest BCUT2D eigenvalue weighted by molar-refractivity contribution is -0.124. The SMILES string of the molecule is CC(C)[C@H](NC(=O)OCc1ccccc1)C(=O)NCCOCCOCCO. The van der Waals surface area contributed by atoms with Crippen LogP contribution in [0.5, 0.6) is 0 Å². The second-order valence-corrected chi connectivity index (χ2v) is 6.17. The van der Waals surface area contributed by atoms with Gasteiger partial charge in [0.2, 0.25) is 5.91 Å². The van der Waals surface area contributed by atoms with E-state index in [4.69, 9.17) is 19.3 Å². The molecule has 8 heteroatoms. The van der Waals surface area contributed by atoms with Crippen LogP contribution < -0.4 is 10.6 Å². The quantitative estimate of drug-likeness (QED) is 0.441. The third kappa shape index (κ3) is 10.5. The Bertz CT molecular complexity index is 538. The van der Waals surface area contributed by atoms with Gasteiger partial charge in [0, 0.05) is 6.54 Å². The summed E-state index contributed by atoms with van der Waals surface area (Å²) in [4.78, 5) is 24.2. The number of aliphatic hydroxyl groups is 1. The summed E-state index contributed by atoms with van der Waals surface area (Å²) in [5.41, 5.74) is 0.873. The van der Waals surface area contributed by atoms with Crippen molar-refractivity contribution in [2.75, 3.05) is 39.6 Å². The average Bonchev–Trinajstić information content (AvgIpc) is 2.67. The van der Waals surface area contributed by atoms with Crippen LogP contribution in [0.1, 0.15) is 19.4 Å². The normalized spacial score (nSPS) is 11.9. The molecule has 0 heterocycles. The molecule has 0 aliphatic heterocycles. The van der Waals surface area contributed by atoms with Crippen molar-refractivity contribution < 1.29 is 28.9 Å². The highest BCUT2D eigenvalue weighted by Crippen LogP contribution is 2.04. The molecule has 0 aromatic heterocycles. The number of nitrogens with one attached hydrogen (secondary N) is 2. The minimum atomic E-state index is -0.693. The molecule has 1 atom stereocenters. The number of rotatable bonds is 13. The Morgan fingerprint density at radius 1 is 1.04 bits per heavy atom. The first kappa shape index (κ1) is 22.9. The van der Waals surface area contributed by atoms with Crippen molar-refractivity contribution in [3.05, 3.63) is 35.9 Å². The molecule has 0 spiro atoms. The van der Waals surface area contributed by atoms with Crippen LogP contribution in [0.4, 0.5) is 4.79 Å². The second kappa shape index (κ2) is 14.0. The number of hydrogen-bond acceptors (Lipinski definition) is 6. The highest BCUT2D eigenvalue weighted by atomic mass is 16.5. The predicted molar refractivity (Wildman–Crippen MR) is 100 cm³/mol. The highest BCUT2D eigenvalue weighted by molar-refractivity contribution is 5.85. The van der Waals surface area contributed by atoms with Crippen molar-refractivity contribution >= 4 is 12.0 Å². The van der Waals surface area contributed by atoms with Gasteiger partial charge in [-0.1, -0.05) is 44.2 Å². The van der Waals surface area contributed by atoms with Gasteiger partial charge >= 0.3 is 6.09 Å². The monoisotopic (exact) mass is 382 g/mol. The fourth-order valence-corrected chi connectivity index (χ4v) is 2.17. The van der Waals surface area contributed by atoms with Crippen LogP contribution in [0.15, 0.2) is 30.3 Å². The molecule has 0 fully saturated rings. The van der Waals surface area contributed by atoms with E-state index < -0.39 is 12.1 Å². The van der Waals surface area contributed by atoms with Crippen LogP contribution in [0.2, 0.25) is 0 Å². The van der Waals surface area contributed by atoms with E-state index >= 15 is 0 Å². The number of benzene rings is 1. The molecular formula is C19H30N2O6. The summed E-state index contributed by atoms with van der Waals surface area (Å²) in [6, 6.07) is 8.63. The van der Waals surface area contributed by atoms with Crippen molar-refractivity contribution in [3.63, 3.8) is 0 Å². The van der Waals surface area contributed by atoms with E-state index in [0.717, 1.165) is 5.56 Å². The largest absolute Gasteiger partial charge is 0.445 e. The maximum absolute atomic E-state index is 12.3. The number of aliphatic hydroxyl groups excluding tert-OH is 1. The van der Waals surface area contributed by atoms with Gasteiger partial charge in [-0.15, -0.1) is 0 Å². The average molecular weight is 382 g/mol. The first-order valence-electron chi connectivity index (χ1n) is 9.06. The van der Waals surface area contributed by atoms with Gasteiger partial charge < -0.3 is 30.0 Å². The lowest BCUT2D eigenvalue weighted by Gasteiger charge is -2.21. The summed E-state index contributed by atoms with van der Waals surface area (Å²) in [5, 5.41) is 13.9. The molecular weight excluding hydrogens is 352 g/mol. The predicted octanol–water partition coefficient (Wildman–Crippen LogP) is 1.08. The van der Waals surface area contributed by atoms with Crippen molar-refractivity contribution in [2.45, 2.75) is 26.5 Å². The van der Waals surface area contributed by atoms with Gasteiger partial charge in [0.25, 0.3) is 0 Å². The van der Waals surface area contributed by atoms with Crippen LogP contribution in [0, 0.1) is 5.92 Å². The molecule has 0 aliphatic carbocycles. The Hall–Kier alpha value is -2.16. The minimum absolute atomic E-state index is 0.0204. The van der Waals surface area contributed by atoms with Crippen molar-refractivity contribution in [3.8, 4) is 0 Å². The van der Waals surface area contributed by atoms with Gasteiger partial charge in [-0.2, -0.15) is 0 Å². The van der Waals surface area contributed by atoms with Gasteiger partial charge in [0.05, 0.1) is 33.0 Å². The Balaban J connectivity index is 2.26. The Labute approximate surface area is 160 Å². The summed E-state index contributed by atoms with van der Waals surface area (Å²) in [5.74, 6) is -0.385. The molecule has 0 saturated heterocycles. The van der Waals surface area contributed by atoms with Gasteiger partial charge in [-0.05, 0) is 11.5 Å². The lowest BCUT2D eigenvalue weighted by atomic mass is 10.0. The van der Waals surface area contributed by atoms with Crippen LogP contribution >= 0.6 is 0 Å². The van der Waals surface area contributed by atoms with Gasteiger partial charge in [0.15, 0.2) is 0 Å². The van der Waals surface area contributed by atoms with E-state index in [1.54, 1.807) is 0 Å². The van der Waals surface area contributed by atoms with Gasteiger partial charge in [-0.25, -0.2) is 4.79 Å². The Kier molecular flexibility index (Phi) is 11.8. The number of carbonyl (C=O) groups excluding carboxylic acids is 2. The number of carbonyl (C=O) groups is 2. The number of alkyl carbamates (subject to hydrolysis) is 1. The number of hydrogen-bond donors (Lipinski definition) is 3. The molecule has 0 bridgehead atoms. The zero-order chi connectivity index (χ0) is 19.9. The van der Waals surface area contributed by atoms with E-state index in [2.05, 4.69) is 10.6 Å². The summed E-state index contributed by atoms with van der Waals surface area (Å²) >= 11 is 0. The topological polar surface area (TPSA) is 106 Å². The standard InChI is InChI=1S/C19H30N2O6/c1-15(2)17(18(23)20-8-10-25-12-13-26-11-9-22)21-19(24)27-14-16-6-4-3-5-7-16/h3-7,15,17,22H,8-14H2,1-2H3,(H,20,23)(H,21,24)/t17-/m0/s1. The first-order chi connectivity index (χ1) is 13.0. The zero-order valence-electron chi connectivity index (χ0n) is 16.0. The first-order valence-corrected chi connectivity index (χ1v) is 9.06. The summed E-state index contributed by atoms with van der Waals surface area (Å²) < 4.78 is 15.5. The zero-order valence-corrected chi connectivity index (χ0v) is 16.0. The van der Waals surface area contributed by atoms with E-state index in [0.29, 0.717) is 26.4 Å². The molecule has 152 valence electrons. The highest BCUT2D eigenvalue weighted by Gasteiger charge is 2.24. The molecule has 1 aromatic carbocycles. The molecule has 0 radical (unpaired) electrons. The second-order valence-electron chi connectivity index (χ2n) is 6.17. The van der Waals surface area contributed by atoms with Crippen molar-refractivity contribution in [2.24, 2.45) is 5.92 Å². The summed E-state index contributed by atoms with van der Waals surface area (Å²) in [7, 11) is 0. The summed E-state index contributed by atoms with van der Waals surface area (Å²) in [6.07, 6.45) is -0.634. The van der Waals surface area contributed by atoms with Crippen LogP contribution in [0.25, 0.3) is 0 Å². The molecule has 0 aliphatic rings. The third-order valence-corrected chi connectivity index (χ3v) is 3.59. The number of amides is 2. The Morgan fingerprint density at radius 3 is 2.33 bits per heavy atom. The molecule has 8 nitrogen and oxygen atoms in total. The lowest BCUT2D eigenvalue weighted by Crippen LogP contribution is -2.50.